The highest BCUT2D eigenvalue weighted by atomic mass is 31.2. The largest absolute Gasteiger partial charge is 0.471 e. The van der Waals surface area contributed by atoms with E-state index in [1.54, 1.807) is 12.1 Å². The second-order valence-corrected chi connectivity index (χ2v) is 12.1. The van der Waals surface area contributed by atoms with E-state index in [0.29, 0.717) is 55.9 Å². The van der Waals surface area contributed by atoms with Gasteiger partial charge < -0.3 is 23.8 Å². The molecule has 43 heavy (non-hydrogen) atoms. The van der Waals surface area contributed by atoms with Crippen LogP contribution >= 0.6 is 7.60 Å². The SMILES string of the molecule is N#Cc1ccc(COc2nc(C3=CCN(Cc4nc5ccc(P(=O)(O)O)cc5n4C[C@@H]4CCO4)CC3)ccc2F)c(F)c1. The zero-order valence-corrected chi connectivity index (χ0v) is 23.9. The van der Waals surface area contributed by atoms with Gasteiger partial charge in [-0.3, -0.25) is 9.46 Å². The van der Waals surface area contributed by atoms with Gasteiger partial charge in [-0.2, -0.15) is 5.26 Å². The van der Waals surface area contributed by atoms with Gasteiger partial charge in [-0.15, -0.1) is 0 Å². The minimum absolute atomic E-state index is 0.0251. The lowest BCUT2D eigenvalue weighted by atomic mass is 10.0. The van der Waals surface area contributed by atoms with Gasteiger partial charge in [0.1, 0.15) is 18.2 Å². The molecule has 1 saturated heterocycles. The van der Waals surface area contributed by atoms with Gasteiger partial charge in [0, 0.05) is 25.3 Å². The number of nitrogens with zero attached hydrogens (tertiary/aromatic N) is 5. The first kappa shape index (κ1) is 29.1. The molecule has 0 unspecified atom stereocenters. The van der Waals surface area contributed by atoms with Crippen molar-refractivity contribution < 1.29 is 32.6 Å². The molecule has 0 amide bonds. The van der Waals surface area contributed by atoms with E-state index in [2.05, 4.69) is 9.88 Å². The molecule has 2 aliphatic heterocycles. The minimum atomic E-state index is -4.42. The third-order valence-corrected chi connectivity index (χ3v) is 8.63. The second kappa shape index (κ2) is 12.0. The Hall–Kier alpha value is -3.98. The summed E-state index contributed by atoms with van der Waals surface area (Å²) in [6.45, 7) is 2.76. The number of rotatable bonds is 9. The van der Waals surface area contributed by atoms with Gasteiger partial charge in [0.2, 0.25) is 0 Å². The van der Waals surface area contributed by atoms with Gasteiger partial charge >= 0.3 is 7.60 Å². The number of hydrogen-bond acceptors (Lipinski definition) is 7. The summed E-state index contributed by atoms with van der Waals surface area (Å²) in [6, 6.07) is 13.3. The third kappa shape index (κ3) is 6.37. The summed E-state index contributed by atoms with van der Waals surface area (Å²) in [5, 5.41) is 8.86. The molecule has 0 spiro atoms. The summed E-state index contributed by atoms with van der Waals surface area (Å²) in [4.78, 5) is 30.7. The maximum absolute atomic E-state index is 14.5. The Labute approximate surface area is 246 Å². The van der Waals surface area contributed by atoms with Crippen LogP contribution in [0.25, 0.3) is 16.6 Å². The number of nitriles is 1. The first-order valence-electron chi connectivity index (χ1n) is 13.7. The maximum atomic E-state index is 14.5. The van der Waals surface area contributed by atoms with Crippen LogP contribution in [-0.2, 0) is 29.0 Å². The Bertz CT molecular complexity index is 1810. The van der Waals surface area contributed by atoms with Gasteiger partial charge in [0.15, 0.2) is 5.82 Å². The van der Waals surface area contributed by atoms with Crippen molar-refractivity contribution in [2.45, 2.75) is 38.6 Å². The number of halogens is 2. The monoisotopic (exact) mass is 607 g/mol. The predicted octanol–water partition coefficient (Wildman–Crippen LogP) is 4.04. The minimum Gasteiger partial charge on any atom is -0.471 e. The average Bonchev–Trinajstić information content (AvgIpc) is 3.30. The molecule has 4 heterocycles. The number of imidazole rings is 1. The second-order valence-electron chi connectivity index (χ2n) is 10.5. The standard InChI is InChI=1S/C30H28F2N5O5P/c31-24-4-6-26(35-30(24)42-18-21-2-1-19(15-33)13-25(21)32)20-7-10-36(11-8-20)17-29-34-27-5-3-23(43(38,39)40)14-28(27)37(29)16-22-9-12-41-22/h1-7,13-14,22H,8-12,16-18H2,(H2,38,39,40)/t22-/m0/s1. The van der Waals surface area contributed by atoms with Crippen LogP contribution in [0.15, 0.2) is 54.6 Å². The Morgan fingerprint density at radius 3 is 2.63 bits per heavy atom. The van der Waals surface area contributed by atoms with Crippen molar-refractivity contribution in [3.05, 3.63) is 88.9 Å². The van der Waals surface area contributed by atoms with E-state index in [9.17, 15) is 23.1 Å². The molecule has 2 aromatic heterocycles. The molecule has 2 aromatic carbocycles. The maximum Gasteiger partial charge on any atom is 0.356 e. The number of fused-ring (bicyclic) bond motifs is 1. The lowest BCUT2D eigenvalue weighted by Gasteiger charge is -2.29. The lowest BCUT2D eigenvalue weighted by Crippen LogP contribution is -2.33. The van der Waals surface area contributed by atoms with E-state index in [1.807, 2.05) is 16.7 Å². The Morgan fingerprint density at radius 2 is 1.95 bits per heavy atom. The molecular formula is C30H28F2N5O5P. The summed E-state index contributed by atoms with van der Waals surface area (Å²) in [5.41, 5.74) is 3.17. The van der Waals surface area contributed by atoms with Crippen molar-refractivity contribution in [1.82, 2.24) is 19.4 Å². The number of ether oxygens (including phenoxy) is 2. The molecule has 13 heteroatoms. The quantitative estimate of drug-likeness (QED) is 0.271. The molecule has 0 aliphatic carbocycles. The van der Waals surface area contributed by atoms with Crippen molar-refractivity contribution in [2.24, 2.45) is 0 Å². The number of aromatic nitrogens is 3. The molecule has 2 aliphatic rings. The van der Waals surface area contributed by atoms with Gasteiger partial charge in [-0.05, 0) is 60.9 Å². The Morgan fingerprint density at radius 1 is 1.12 bits per heavy atom. The first-order chi connectivity index (χ1) is 20.7. The lowest BCUT2D eigenvalue weighted by molar-refractivity contribution is -0.0591. The Kier molecular flexibility index (Phi) is 8.09. The van der Waals surface area contributed by atoms with E-state index in [1.165, 1.54) is 30.3 Å². The van der Waals surface area contributed by atoms with E-state index in [0.717, 1.165) is 23.9 Å². The van der Waals surface area contributed by atoms with Crippen LogP contribution in [0.3, 0.4) is 0 Å². The van der Waals surface area contributed by atoms with Crippen LogP contribution in [0, 0.1) is 23.0 Å². The van der Waals surface area contributed by atoms with Crippen molar-refractivity contribution >= 4 is 29.5 Å². The summed E-state index contributed by atoms with van der Waals surface area (Å²) in [5.74, 6) is -0.726. The molecule has 1 fully saturated rings. The van der Waals surface area contributed by atoms with Gasteiger partial charge in [0.25, 0.3) is 5.88 Å². The van der Waals surface area contributed by atoms with Gasteiger partial charge in [0.05, 0.1) is 52.9 Å². The highest BCUT2D eigenvalue weighted by molar-refractivity contribution is 7.60. The Balaban J connectivity index is 1.17. The fourth-order valence-corrected chi connectivity index (χ4v) is 5.73. The van der Waals surface area contributed by atoms with Crippen LogP contribution in [0.4, 0.5) is 8.78 Å². The summed E-state index contributed by atoms with van der Waals surface area (Å²) in [7, 11) is -4.42. The molecule has 2 N–H and O–H groups in total. The van der Waals surface area contributed by atoms with Crippen molar-refractivity contribution in [1.29, 1.82) is 5.26 Å². The predicted molar refractivity (Wildman–Crippen MR) is 153 cm³/mol. The zero-order valence-electron chi connectivity index (χ0n) is 23.0. The number of benzene rings is 2. The molecule has 222 valence electrons. The fourth-order valence-electron chi connectivity index (χ4n) is 5.17. The number of pyridine rings is 1. The van der Waals surface area contributed by atoms with Crippen LogP contribution in [0.5, 0.6) is 5.88 Å². The smallest absolute Gasteiger partial charge is 0.356 e. The van der Waals surface area contributed by atoms with Gasteiger partial charge in [-0.1, -0.05) is 12.1 Å². The van der Waals surface area contributed by atoms with Crippen LogP contribution in [0.2, 0.25) is 0 Å². The summed E-state index contributed by atoms with van der Waals surface area (Å²) in [6.07, 6.45) is 3.58. The average molecular weight is 608 g/mol. The summed E-state index contributed by atoms with van der Waals surface area (Å²) < 4.78 is 53.7. The van der Waals surface area contributed by atoms with E-state index < -0.39 is 19.2 Å². The molecule has 6 rings (SSSR count). The van der Waals surface area contributed by atoms with Crippen molar-refractivity contribution in [3.8, 4) is 11.9 Å². The van der Waals surface area contributed by atoms with Crippen LogP contribution < -0.4 is 10.0 Å². The molecule has 10 nitrogen and oxygen atoms in total. The van der Waals surface area contributed by atoms with Crippen LogP contribution in [0.1, 0.15) is 35.5 Å². The molecule has 4 aromatic rings. The van der Waals surface area contributed by atoms with E-state index in [-0.39, 0.29) is 35.0 Å². The molecular weight excluding hydrogens is 579 g/mol. The van der Waals surface area contributed by atoms with Crippen LogP contribution in [-0.4, -0.2) is 55.0 Å². The molecule has 0 bridgehead atoms. The van der Waals surface area contributed by atoms with Crippen molar-refractivity contribution in [3.63, 3.8) is 0 Å². The zero-order chi connectivity index (χ0) is 30.1. The normalized spacial score (nSPS) is 17.4. The third-order valence-electron chi connectivity index (χ3n) is 7.67. The molecule has 0 saturated carbocycles. The van der Waals surface area contributed by atoms with Crippen molar-refractivity contribution in [2.75, 3.05) is 19.7 Å². The van der Waals surface area contributed by atoms with E-state index >= 15 is 0 Å². The summed E-state index contributed by atoms with van der Waals surface area (Å²) >= 11 is 0. The van der Waals surface area contributed by atoms with Gasteiger partial charge in [-0.25, -0.2) is 18.7 Å². The molecule has 0 radical (unpaired) electrons. The highest BCUT2D eigenvalue weighted by Crippen LogP contribution is 2.35. The highest BCUT2D eigenvalue weighted by Gasteiger charge is 2.25. The first-order valence-corrected chi connectivity index (χ1v) is 15.4. The fraction of sp³-hybridized carbons (Fsp3) is 0.300. The topological polar surface area (TPSA) is 134 Å². The van der Waals surface area contributed by atoms with E-state index in [4.69, 9.17) is 19.7 Å². The molecule has 1 atom stereocenters. The number of hydrogen-bond donors (Lipinski definition) is 2.